The summed E-state index contributed by atoms with van der Waals surface area (Å²) in [6.45, 7) is 3.98. The van der Waals surface area contributed by atoms with Crippen molar-refractivity contribution >= 4 is 17.6 Å². The highest BCUT2D eigenvalue weighted by molar-refractivity contribution is 5.90. The lowest BCUT2D eigenvalue weighted by molar-refractivity contribution is -0.133. The fraction of sp³-hybridized carbons (Fsp3) is 0.378. The van der Waals surface area contributed by atoms with Crippen LogP contribution in [-0.2, 0) is 17.6 Å². The smallest absolute Gasteiger partial charge is 0.342 e. The standard InChI is InChI=1S/C37H40N4O4/c1-3-23-20-28(13-14-30(23)24-16-18-40(19-17-24)35(42)26-10-11-26)39-33-15-12-25-6-5-9-31(34(25)33)27-7-4-8-29(21-27)41-36(45-2)32(22-38-41)37(43)44/h4-9,13-14,20-22,24,26,33,39H,3,10-12,15-19H2,1-2H3,(H,43,44)/t33-/m0/s1. The molecule has 0 radical (unpaired) electrons. The van der Waals surface area contributed by atoms with E-state index in [2.05, 4.69) is 64.7 Å². The summed E-state index contributed by atoms with van der Waals surface area (Å²) in [7, 11) is 1.46. The Morgan fingerprint density at radius 1 is 1.00 bits per heavy atom. The van der Waals surface area contributed by atoms with Crippen LogP contribution in [0.2, 0.25) is 0 Å². The molecule has 3 aromatic carbocycles. The van der Waals surface area contributed by atoms with Crippen LogP contribution in [0.1, 0.15) is 83.6 Å². The molecular weight excluding hydrogens is 564 g/mol. The van der Waals surface area contributed by atoms with Gasteiger partial charge in [0.25, 0.3) is 0 Å². The maximum absolute atomic E-state index is 12.6. The number of carboxylic acid groups (broad SMARTS) is 1. The van der Waals surface area contributed by atoms with Gasteiger partial charge in [0.15, 0.2) is 0 Å². The number of aromatic carboxylic acids is 1. The molecule has 2 fully saturated rings. The molecule has 1 saturated carbocycles. The Morgan fingerprint density at radius 2 is 1.80 bits per heavy atom. The van der Waals surface area contributed by atoms with E-state index in [1.165, 1.54) is 40.2 Å². The van der Waals surface area contributed by atoms with Crippen LogP contribution in [0.25, 0.3) is 16.8 Å². The van der Waals surface area contributed by atoms with Gasteiger partial charge >= 0.3 is 5.97 Å². The number of hydrogen-bond donors (Lipinski definition) is 2. The van der Waals surface area contributed by atoms with Crippen LogP contribution in [0.5, 0.6) is 5.88 Å². The van der Waals surface area contributed by atoms with E-state index in [9.17, 15) is 14.7 Å². The number of nitrogens with zero attached hydrogens (tertiary/aromatic N) is 3. The summed E-state index contributed by atoms with van der Waals surface area (Å²) in [4.78, 5) is 26.3. The van der Waals surface area contributed by atoms with Crippen LogP contribution < -0.4 is 10.1 Å². The number of carboxylic acids is 1. The van der Waals surface area contributed by atoms with Gasteiger partial charge in [0.1, 0.15) is 5.56 Å². The molecule has 0 spiro atoms. The number of methoxy groups -OCH3 is 1. The van der Waals surface area contributed by atoms with Crippen molar-refractivity contribution < 1.29 is 19.4 Å². The summed E-state index contributed by atoms with van der Waals surface area (Å²) >= 11 is 0. The zero-order valence-corrected chi connectivity index (χ0v) is 26.0. The average Bonchev–Trinajstić information content (AvgIpc) is 3.70. The predicted molar refractivity (Wildman–Crippen MR) is 174 cm³/mol. The maximum Gasteiger partial charge on any atom is 0.342 e. The lowest BCUT2D eigenvalue weighted by Gasteiger charge is -2.33. The monoisotopic (exact) mass is 604 g/mol. The van der Waals surface area contributed by atoms with Crippen LogP contribution in [-0.4, -0.2) is 51.9 Å². The quantitative estimate of drug-likeness (QED) is 0.213. The molecule has 1 saturated heterocycles. The number of aryl methyl sites for hydroxylation is 2. The SMILES string of the molecule is CCc1cc(N[C@H]2CCc3cccc(-c4cccc(-n5ncc(C(=O)O)c5OC)c4)c32)ccc1C1CCN(C(=O)C2CC2)CC1. The minimum absolute atomic E-state index is 0.0272. The number of fused-ring (bicyclic) bond motifs is 1. The van der Waals surface area contributed by atoms with Gasteiger partial charge in [-0.25, -0.2) is 9.48 Å². The van der Waals surface area contributed by atoms with E-state index in [0.717, 1.165) is 80.5 Å². The molecule has 8 nitrogen and oxygen atoms in total. The summed E-state index contributed by atoms with van der Waals surface area (Å²) in [6, 6.07) is 21.6. The Hall–Kier alpha value is -4.59. The number of aromatic nitrogens is 2. The van der Waals surface area contributed by atoms with Crippen molar-refractivity contribution in [3.05, 3.63) is 94.7 Å². The first-order chi connectivity index (χ1) is 21.9. The third kappa shape index (κ3) is 5.58. The molecule has 1 amide bonds. The van der Waals surface area contributed by atoms with Gasteiger partial charge in [-0.3, -0.25) is 4.79 Å². The molecule has 3 aliphatic rings. The molecule has 2 N–H and O–H groups in total. The van der Waals surface area contributed by atoms with Crippen LogP contribution in [0.15, 0.2) is 66.9 Å². The molecule has 8 heteroatoms. The molecule has 0 unspecified atom stereocenters. The van der Waals surface area contributed by atoms with Crippen LogP contribution in [0.4, 0.5) is 5.69 Å². The van der Waals surface area contributed by atoms with Gasteiger partial charge in [0, 0.05) is 24.7 Å². The number of ether oxygens (including phenoxy) is 1. The minimum atomic E-state index is -1.07. The van der Waals surface area contributed by atoms with Crippen molar-refractivity contribution in [3.8, 4) is 22.7 Å². The normalized spacial score (nSPS) is 18.1. The average molecular weight is 605 g/mol. The summed E-state index contributed by atoms with van der Waals surface area (Å²) in [6.07, 6.45) is 8.54. The zero-order valence-electron chi connectivity index (χ0n) is 26.0. The largest absolute Gasteiger partial charge is 0.480 e. The Morgan fingerprint density at radius 3 is 2.53 bits per heavy atom. The number of hydrogen-bond acceptors (Lipinski definition) is 5. The molecule has 2 aliphatic carbocycles. The van der Waals surface area contributed by atoms with Gasteiger partial charge in [-0.2, -0.15) is 5.10 Å². The predicted octanol–water partition coefficient (Wildman–Crippen LogP) is 7.02. The molecule has 45 heavy (non-hydrogen) atoms. The number of carbonyl (C=O) groups is 2. The summed E-state index contributed by atoms with van der Waals surface area (Å²) in [5.74, 6) is 0.303. The summed E-state index contributed by atoms with van der Waals surface area (Å²) in [5.41, 5.74) is 9.59. The third-order valence-corrected chi connectivity index (χ3v) is 9.84. The topological polar surface area (TPSA) is 96.7 Å². The molecule has 1 atom stereocenters. The number of nitrogens with one attached hydrogen (secondary N) is 1. The molecule has 232 valence electrons. The molecule has 4 aromatic rings. The molecular formula is C37H40N4O4. The fourth-order valence-electron chi connectivity index (χ4n) is 7.35. The van der Waals surface area contributed by atoms with E-state index < -0.39 is 5.97 Å². The number of rotatable bonds is 9. The third-order valence-electron chi connectivity index (χ3n) is 9.84. The first-order valence-corrected chi connectivity index (χ1v) is 16.2. The van der Waals surface area contributed by atoms with Crippen molar-refractivity contribution in [2.45, 2.75) is 63.8 Å². The first-order valence-electron chi connectivity index (χ1n) is 16.2. The number of benzene rings is 3. The van der Waals surface area contributed by atoms with E-state index in [4.69, 9.17) is 4.74 Å². The van der Waals surface area contributed by atoms with Crippen molar-refractivity contribution in [1.82, 2.24) is 14.7 Å². The number of piperidine rings is 1. The van der Waals surface area contributed by atoms with Gasteiger partial charge in [0.05, 0.1) is 25.0 Å². The Labute approximate surface area is 264 Å². The number of carbonyl (C=O) groups excluding carboxylic acids is 1. The number of anilines is 1. The van der Waals surface area contributed by atoms with Crippen LogP contribution >= 0.6 is 0 Å². The van der Waals surface area contributed by atoms with E-state index in [1.54, 1.807) is 0 Å². The number of amides is 1. The molecule has 1 aromatic heterocycles. The molecule has 0 bridgehead atoms. The van der Waals surface area contributed by atoms with Gasteiger partial charge < -0.3 is 20.1 Å². The molecule has 2 heterocycles. The van der Waals surface area contributed by atoms with Crippen molar-refractivity contribution in [2.75, 3.05) is 25.5 Å². The lowest BCUT2D eigenvalue weighted by atomic mass is 9.85. The Bertz CT molecular complexity index is 1750. The highest BCUT2D eigenvalue weighted by atomic mass is 16.5. The van der Waals surface area contributed by atoms with E-state index in [1.807, 2.05) is 18.2 Å². The van der Waals surface area contributed by atoms with Crippen molar-refractivity contribution in [2.24, 2.45) is 5.92 Å². The van der Waals surface area contributed by atoms with E-state index >= 15 is 0 Å². The van der Waals surface area contributed by atoms with Gasteiger partial charge in [-0.15, -0.1) is 0 Å². The second kappa shape index (κ2) is 12.1. The second-order valence-electron chi connectivity index (χ2n) is 12.6. The maximum atomic E-state index is 12.6. The lowest BCUT2D eigenvalue weighted by Crippen LogP contribution is -2.38. The first kappa shape index (κ1) is 29.1. The van der Waals surface area contributed by atoms with Gasteiger partial charge in [0.2, 0.25) is 11.8 Å². The Balaban J connectivity index is 1.12. The number of likely N-dealkylation sites (tertiary alicyclic amines) is 1. The zero-order chi connectivity index (χ0) is 31.1. The summed E-state index contributed by atoms with van der Waals surface area (Å²) < 4.78 is 6.96. The Kier molecular flexibility index (Phi) is 7.81. The van der Waals surface area contributed by atoms with Gasteiger partial charge in [-0.1, -0.05) is 43.3 Å². The highest BCUT2D eigenvalue weighted by Gasteiger charge is 2.35. The van der Waals surface area contributed by atoms with Gasteiger partial charge in [-0.05, 0) is 109 Å². The summed E-state index contributed by atoms with van der Waals surface area (Å²) in [5, 5.41) is 17.7. The van der Waals surface area contributed by atoms with Crippen molar-refractivity contribution in [3.63, 3.8) is 0 Å². The fourth-order valence-corrected chi connectivity index (χ4v) is 7.35. The van der Waals surface area contributed by atoms with Crippen LogP contribution in [0.3, 0.4) is 0 Å². The van der Waals surface area contributed by atoms with Crippen LogP contribution in [0, 0.1) is 5.92 Å². The van der Waals surface area contributed by atoms with E-state index in [-0.39, 0.29) is 17.5 Å². The minimum Gasteiger partial charge on any atom is -0.480 e. The second-order valence-corrected chi connectivity index (χ2v) is 12.6. The highest BCUT2D eigenvalue weighted by Crippen LogP contribution is 2.42. The van der Waals surface area contributed by atoms with Crippen molar-refractivity contribution in [1.29, 1.82) is 0 Å². The molecule has 1 aliphatic heterocycles. The van der Waals surface area contributed by atoms with E-state index in [0.29, 0.717) is 17.7 Å². The molecule has 7 rings (SSSR count).